The number of hydrogen-bond donors (Lipinski definition) is 3. The lowest BCUT2D eigenvalue weighted by atomic mass is 9.95. The van der Waals surface area contributed by atoms with Crippen molar-refractivity contribution in [2.45, 2.75) is 123 Å². The number of nitrogens with one attached hydrogen (secondary N) is 2. The SMILES string of the molecule is Cc1ccc(C(C(=O)NC(Cc2ccccc2)C(=O)OC(C)(C)C)N(C(=O)C(CCC(N)=O)NC(=O)OC(C)(C)C)C2CC2)c(C)c1. The third kappa shape index (κ3) is 11.7. The van der Waals surface area contributed by atoms with E-state index in [0.29, 0.717) is 18.4 Å². The molecule has 4 amide bonds. The molecule has 2 aromatic rings. The van der Waals surface area contributed by atoms with Gasteiger partial charge in [-0.25, -0.2) is 9.59 Å². The maximum atomic E-state index is 14.5. The molecule has 3 unspecified atom stereocenters. The Morgan fingerprint density at radius 1 is 0.872 bits per heavy atom. The zero-order valence-corrected chi connectivity index (χ0v) is 28.8. The fourth-order valence-corrected chi connectivity index (χ4v) is 5.26. The topological polar surface area (TPSA) is 157 Å². The standard InChI is InChI=1S/C36H50N4O7/c1-22-14-17-26(23(2)20-22)30(31(42)38-28(33(44)46-35(3,4)5)21-24-12-10-9-11-13-24)40(25-15-16-25)32(43)27(18-19-29(37)41)39-34(45)47-36(6,7)8/h9-14,17,20,25,27-28,30H,15-16,18-19,21H2,1-8H3,(H2,37,41)(H,38,42)(H,39,45). The zero-order valence-electron chi connectivity index (χ0n) is 28.8. The number of primary amides is 1. The summed E-state index contributed by atoms with van der Waals surface area (Å²) in [5.41, 5.74) is 6.91. The average Bonchev–Trinajstić information content (AvgIpc) is 3.77. The summed E-state index contributed by atoms with van der Waals surface area (Å²) in [7, 11) is 0. The maximum absolute atomic E-state index is 14.5. The van der Waals surface area contributed by atoms with Gasteiger partial charge in [-0.05, 0) is 91.3 Å². The summed E-state index contributed by atoms with van der Waals surface area (Å²) < 4.78 is 11.1. The Morgan fingerprint density at radius 3 is 2.02 bits per heavy atom. The first-order valence-corrected chi connectivity index (χ1v) is 16.1. The molecule has 256 valence electrons. The number of rotatable bonds is 13. The molecule has 1 aliphatic carbocycles. The number of benzene rings is 2. The molecule has 3 rings (SSSR count). The first-order valence-electron chi connectivity index (χ1n) is 16.1. The van der Waals surface area contributed by atoms with Crippen LogP contribution < -0.4 is 16.4 Å². The highest BCUT2D eigenvalue weighted by molar-refractivity contribution is 5.94. The van der Waals surface area contributed by atoms with Crippen molar-refractivity contribution in [1.82, 2.24) is 15.5 Å². The van der Waals surface area contributed by atoms with Crippen LogP contribution in [0.25, 0.3) is 0 Å². The lowest BCUT2D eigenvalue weighted by Gasteiger charge is -2.36. The molecule has 3 atom stereocenters. The Kier molecular flexibility index (Phi) is 12.2. The van der Waals surface area contributed by atoms with Crippen LogP contribution in [0.2, 0.25) is 0 Å². The van der Waals surface area contributed by atoms with E-state index in [1.165, 1.54) is 4.90 Å². The van der Waals surface area contributed by atoms with Gasteiger partial charge in [-0.3, -0.25) is 14.4 Å². The molecular formula is C36H50N4O7. The number of esters is 1. The van der Waals surface area contributed by atoms with E-state index in [9.17, 15) is 24.0 Å². The normalized spacial score (nSPS) is 15.1. The number of aryl methyl sites for hydroxylation is 2. The van der Waals surface area contributed by atoms with Crippen molar-refractivity contribution >= 4 is 29.8 Å². The molecule has 11 heteroatoms. The number of nitrogens with two attached hydrogens (primary N) is 1. The molecular weight excluding hydrogens is 600 g/mol. The molecule has 47 heavy (non-hydrogen) atoms. The third-order valence-electron chi connectivity index (χ3n) is 7.40. The number of nitrogens with zero attached hydrogens (tertiary/aromatic N) is 1. The lowest BCUT2D eigenvalue weighted by Crippen LogP contribution is -2.55. The van der Waals surface area contributed by atoms with Gasteiger partial charge in [0.15, 0.2) is 0 Å². The van der Waals surface area contributed by atoms with Gasteiger partial charge in [-0.1, -0.05) is 54.1 Å². The summed E-state index contributed by atoms with van der Waals surface area (Å²) in [6.45, 7) is 14.1. The van der Waals surface area contributed by atoms with Crippen molar-refractivity contribution in [3.8, 4) is 0 Å². The van der Waals surface area contributed by atoms with Gasteiger partial charge < -0.3 is 30.7 Å². The highest BCUT2D eigenvalue weighted by atomic mass is 16.6. The van der Waals surface area contributed by atoms with Gasteiger partial charge >= 0.3 is 12.1 Å². The predicted octanol–water partition coefficient (Wildman–Crippen LogP) is 4.56. The van der Waals surface area contributed by atoms with E-state index in [0.717, 1.165) is 16.7 Å². The Hall–Kier alpha value is -4.41. The van der Waals surface area contributed by atoms with Crippen LogP contribution in [0.1, 0.15) is 95.5 Å². The molecule has 0 spiro atoms. The molecule has 11 nitrogen and oxygen atoms in total. The first kappa shape index (κ1) is 37.1. The van der Waals surface area contributed by atoms with E-state index >= 15 is 0 Å². The van der Waals surface area contributed by atoms with Crippen LogP contribution in [0.4, 0.5) is 4.79 Å². The van der Waals surface area contributed by atoms with Crippen LogP contribution in [-0.4, -0.2) is 64.0 Å². The second kappa shape index (κ2) is 15.5. The van der Waals surface area contributed by atoms with Crippen LogP contribution in [0.5, 0.6) is 0 Å². The van der Waals surface area contributed by atoms with Crippen LogP contribution in [0.15, 0.2) is 48.5 Å². The summed E-state index contributed by atoms with van der Waals surface area (Å²) >= 11 is 0. The Bertz CT molecular complexity index is 1440. The molecule has 1 saturated carbocycles. The minimum Gasteiger partial charge on any atom is -0.458 e. The quantitative estimate of drug-likeness (QED) is 0.268. The fraction of sp³-hybridized carbons (Fsp3) is 0.528. The lowest BCUT2D eigenvalue weighted by molar-refractivity contribution is -0.159. The molecule has 1 aliphatic rings. The van der Waals surface area contributed by atoms with Crippen molar-refractivity contribution in [2.24, 2.45) is 5.73 Å². The highest BCUT2D eigenvalue weighted by Crippen LogP contribution is 2.37. The number of hydrogen-bond acceptors (Lipinski definition) is 7. The van der Waals surface area contributed by atoms with Crippen LogP contribution in [0.3, 0.4) is 0 Å². The Morgan fingerprint density at radius 2 is 1.49 bits per heavy atom. The van der Waals surface area contributed by atoms with Gasteiger partial charge in [0.1, 0.15) is 29.3 Å². The van der Waals surface area contributed by atoms with Crippen molar-refractivity contribution in [2.75, 3.05) is 0 Å². The first-order chi connectivity index (χ1) is 21.8. The monoisotopic (exact) mass is 650 g/mol. The summed E-state index contributed by atoms with van der Waals surface area (Å²) in [5.74, 6) is -2.38. The zero-order chi connectivity index (χ0) is 35.1. The van der Waals surface area contributed by atoms with E-state index in [-0.39, 0.29) is 25.3 Å². The van der Waals surface area contributed by atoms with E-state index in [1.54, 1.807) is 47.6 Å². The number of amides is 4. The summed E-state index contributed by atoms with van der Waals surface area (Å²) in [5, 5.41) is 5.53. The molecule has 2 aromatic carbocycles. The van der Waals surface area contributed by atoms with Crippen molar-refractivity contribution in [3.63, 3.8) is 0 Å². The molecule has 0 bridgehead atoms. The Labute approximate surface area is 277 Å². The number of ether oxygens (including phenoxy) is 2. The smallest absolute Gasteiger partial charge is 0.408 e. The van der Waals surface area contributed by atoms with E-state index in [1.807, 2.05) is 56.3 Å². The molecule has 0 radical (unpaired) electrons. The molecule has 0 aromatic heterocycles. The van der Waals surface area contributed by atoms with Gasteiger partial charge in [-0.2, -0.15) is 0 Å². The molecule has 0 saturated heterocycles. The van der Waals surface area contributed by atoms with Gasteiger partial charge in [0.2, 0.25) is 17.7 Å². The van der Waals surface area contributed by atoms with Crippen LogP contribution >= 0.6 is 0 Å². The summed E-state index contributed by atoms with van der Waals surface area (Å²) in [6, 6.07) is 11.1. The van der Waals surface area contributed by atoms with Gasteiger partial charge in [0.25, 0.3) is 0 Å². The van der Waals surface area contributed by atoms with Gasteiger partial charge in [0.05, 0.1) is 0 Å². The second-order valence-electron chi connectivity index (χ2n) is 14.2. The fourth-order valence-electron chi connectivity index (χ4n) is 5.26. The Balaban J connectivity index is 2.07. The van der Waals surface area contributed by atoms with Crippen molar-refractivity contribution in [3.05, 3.63) is 70.8 Å². The number of carbonyl (C=O) groups excluding carboxylic acids is 5. The van der Waals surface area contributed by atoms with Crippen molar-refractivity contribution in [1.29, 1.82) is 0 Å². The molecule has 0 heterocycles. The molecule has 1 fully saturated rings. The average molecular weight is 651 g/mol. The third-order valence-corrected chi connectivity index (χ3v) is 7.40. The van der Waals surface area contributed by atoms with Gasteiger partial charge in [0, 0.05) is 18.9 Å². The number of carbonyl (C=O) groups is 5. The maximum Gasteiger partial charge on any atom is 0.408 e. The molecule has 0 aliphatic heterocycles. The number of alkyl carbamates (subject to hydrolysis) is 1. The van der Waals surface area contributed by atoms with E-state index in [2.05, 4.69) is 10.6 Å². The van der Waals surface area contributed by atoms with Crippen LogP contribution in [-0.2, 0) is 35.1 Å². The predicted molar refractivity (Wildman–Crippen MR) is 178 cm³/mol. The van der Waals surface area contributed by atoms with E-state index < -0.39 is 59.1 Å². The van der Waals surface area contributed by atoms with Gasteiger partial charge in [-0.15, -0.1) is 0 Å². The minimum atomic E-state index is -1.20. The molecule has 4 N–H and O–H groups in total. The summed E-state index contributed by atoms with van der Waals surface area (Å²) in [4.78, 5) is 68.6. The van der Waals surface area contributed by atoms with Crippen LogP contribution in [0, 0.1) is 13.8 Å². The highest BCUT2D eigenvalue weighted by Gasteiger charge is 2.45. The second-order valence-corrected chi connectivity index (χ2v) is 14.2. The summed E-state index contributed by atoms with van der Waals surface area (Å²) in [6.07, 6.45) is 0.329. The minimum absolute atomic E-state index is 0.0909. The largest absolute Gasteiger partial charge is 0.458 e. The van der Waals surface area contributed by atoms with E-state index in [4.69, 9.17) is 15.2 Å². The van der Waals surface area contributed by atoms with Crippen molar-refractivity contribution < 1.29 is 33.4 Å².